The number of carbonyl (C=O) groups is 1. The van der Waals surface area contributed by atoms with Gasteiger partial charge in [0.1, 0.15) is 0 Å². The van der Waals surface area contributed by atoms with E-state index in [1.807, 2.05) is 73.0 Å². The van der Waals surface area contributed by atoms with Crippen LogP contribution in [0.2, 0.25) is 0 Å². The largest absolute Gasteiger partial charge is 0.321 e. The summed E-state index contributed by atoms with van der Waals surface area (Å²) in [5, 5.41) is 3.04. The van der Waals surface area contributed by atoms with Gasteiger partial charge in [0.25, 0.3) is 5.91 Å². The Morgan fingerprint density at radius 1 is 0.840 bits per heavy atom. The number of carbonyl (C=O) groups excluding carboxylic acids is 1. The van der Waals surface area contributed by atoms with E-state index in [2.05, 4.69) is 17.4 Å². The van der Waals surface area contributed by atoms with Gasteiger partial charge in [0.05, 0.1) is 11.3 Å². The number of thioether (sulfide) groups is 2. The van der Waals surface area contributed by atoms with Crippen molar-refractivity contribution in [2.45, 2.75) is 15.5 Å². The summed E-state index contributed by atoms with van der Waals surface area (Å²) in [5.41, 5.74) is 2.80. The molecule has 4 heteroatoms. The predicted molar refractivity (Wildman–Crippen MR) is 109 cm³/mol. The molecule has 0 aliphatic rings. The third kappa shape index (κ3) is 4.68. The molecule has 25 heavy (non-hydrogen) atoms. The number of nitrogens with one attached hydrogen (secondary N) is 1. The summed E-state index contributed by atoms with van der Waals surface area (Å²) in [6.45, 7) is 0. The van der Waals surface area contributed by atoms with E-state index >= 15 is 0 Å². The molecular weight excluding hydrogens is 346 g/mol. The molecule has 0 aromatic heterocycles. The quantitative estimate of drug-likeness (QED) is 0.547. The normalized spacial score (nSPS) is 10.4. The number of amides is 1. The predicted octanol–water partition coefficient (Wildman–Crippen LogP) is 5.95. The summed E-state index contributed by atoms with van der Waals surface area (Å²) in [6.07, 6.45) is 2.01. The Morgan fingerprint density at radius 3 is 2.24 bits per heavy atom. The van der Waals surface area contributed by atoms with Gasteiger partial charge in [0.2, 0.25) is 0 Å². The molecule has 0 fully saturated rings. The highest BCUT2D eigenvalue weighted by molar-refractivity contribution is 7.99. The summed E-state index contributed by atoms with van der Waals surface area (Å²) in [4.78, 5) is 14.8. The van der Waals surface area contributed by atoms with E-state index in [0.29, 0.717) is 5.56 Å². The summed E-state index contributed by atoms with van der Waals surface area (Å²) < 4.78 is 0. The first-order chi connectivity index (χ1) is 12.3. The SMILES string of the molecule is CSc1ccccc1NC(=O)c1ccccc1SCc1ccccc1. The average molecular weight is 366 g/mol. The van der Waals surface area contributed by atoms with Crippen molar-refractivity contribution in [3.05, 3.63) is 90.0 Å². The molecule has 0 atom stereocenters. The van der Waals surface area contributed by atoms with Crippen LogP contribution in [-0.4, -0.2) is 12.2 Å². The Hall–Kier alpha value is -2.17. The lowest BCUT2D eigenvalue weighted by atomic mass is 10.2. The van der Waals surface area contributed by atoms with Crippen molar-refractivity contribution in [1.82, 2.24) is 0 Å². The van der Waals surface area contributed by atoms with E-state index in [1.54, 1.807) is 23.5 Å². The highest BCUT2D eigenvalue weighted by Crippen LogP contribution is 2.29. The minimum Gasteiger partial charge on any atom is -0.321 e. The van der Waals surface area contributed by atoms with Crippen LogP contribution in [0.3, 0.4) is 0 Å². The molecule has 3 rings (SSSR count). The van der Waals surface area contributed by atoms with Gasteiger partial charge in [-0.1, -0.05) is 54.6 Å². The maximum atomic E-state index is 12.8. The van der Waals surface area contributed by atoms with Gasteiger partial charge >= 0.3 is 0 Å². The number of benzene rings is 3. The van der Waals surface area contributed by atoms with Crippen LogP contribution in [0.5, 0.6) is 0 Å². The van der Waals surface area contributed by atoms with Crippen molar-refractivity contribution in [2.75, 3.05) is 11.6 Å². The van der Waals surface area contributed by atoms with Gasteiger partial charge in [0.15, 0.2) is 0 Å². The van der Waals surface area contributed by atoms with E-state index < -0.39 is 0 Å². The number of rotatable bonds is 6. The topological polar surface area (TPSA) is 29.1 Å². The monoisotopic (exact) mass is 365 g/mol. The van der Waals surface area contributed by atoms with E-state index in [9.17, 15) is 4.79 Å². The minimum absolute atomic E-state index is 0.0716. The molecule has 0 saturated carbocycles. The van der Waals surface area contributed by atoms with Crippen molar-refractivity contribution in [2.24, 2.45) is 0 Å². The molecular formula is C21H19NOS2. The Balaban J connectivity index is 1.76. The van der Waals surface area contributed by atoms with E-state index in [0.717, 1.165) is 21.2 Å². The van der Waals surface area contributed by atoms with Gasteiger partial charge in [-0.05, 0) is 36.1 Å². The lowest BCUT2D eigenvalue weighted by molar-refractivity contribution is 0.102. The fourth-order valence-electron chi connectivity index (χ4n) is 2.45. The molecule has 0 unspecified atom stereocenters. The number of anilines is 1. The summed E-state index contributed by atoms with van der Waals surface area (Å²) in [7, 11) is 0. The number of para-hydroxylation sites is 1. The average Bonchev–Trinajstić information content (AvgIpc) is 2.68. The number of hydrogen-bond donors (Lipinski definition) is 1. The number of hydrogen-bond acceptors (Lipinski definition) is 3. The molecule has 3 aromatic carbocycles. The molecule has 3 aromatic rings. The zero-order chi connectivity index (χ0) is 17.5. The lowest BCUT2D eigenvalue weighted by Gasteiger charge is -2.12. The Labute approximate surface area is 157 Å². The molecule has 0 aliphatic carbocycles. The van der Waals surface area contributed by atoms with Crippen LogP contribution in [0.4, 0.5) is 5.69 Å². The third-order valence-electron chi connectivity index (χ3n) is 3.72. The lowest BCUT2D eigenvalue weighted by Crippen LogP contribution is -2.13. The van der Waals surface area contributed by atoms with Crippen LogP contribution in [0.15, 0.2) is 88.7 Å². The Morgan fingerprint density at radius 2 is 1.48 bits per heavy atom. The molecule has 0 bridgehead atoms. The second kappa shape index (κ2) is 8.79. The fourth-order valence-corrected chi connectivity index (χ4v) is 4.01. The fraction of sp³-hybridized carbons (Fsp3) is 0.0952. The first-order valence-electron chi connectivity index (χ1n) is 7.98. The summed E-state index contributed by atoms with van der Waals surface area (Å²) >= 11 is 3.31. The van der Waals surface area contributed by atoms with Gasteiger partial charge in [-0.3, -0.25) is 4.79 Å². The van der Waals surface area contributed by atoms with E-state index in [4.69, 9.17) is 0 Å². The molecule has 0 heterocycles. The Kier molecular flexibility index (Phi) is 6.20. The highest BCUT2D eigenvalue weighted by atomic mass is 32.2. The van der Waals surface area contributed by atoms with Crippen molar-refractivity contribution >= 4 is 35.1 Å². The zero-order valence-corrected chi connectivity index (χ0v) is 15.6. The van der Waals surface area contributed by atoms with Crippen molar-refractivity contribution in [3.8, 4) is 0 Å². The minimum atomic E-state index is -0.0716. The molecule has 126 valence electrons. The van der Waals surface area contributed by atoms with Crippen molar-refractivity contribution in [1.29, 1.82) is 0 Å². The first kappa shape index (κ1) is 17.6. The smallest absolute Gasteiger partial charge is 0.256 e. The van der Waals surface area contributed by atoms with Crippen molar-refractivity contribution < 1.29 is 4.79 Å². The second-order valence-corrected chi connectivity index (χ2v) is 7.29. The van der Waals surface area contributed by atoms with Crippen LogP contribution in [0.1, 0.15) is 15.9 Å². The van der Waals surface area contributed by atoms with Gasteiger partial charge in [-0.25, -0.2) is 0 Å². The Bertz CT molecular complexity index is 849. The van der Waals surface area contributed by atoms with Crippen LogP contribution >= 0.6 is 23.5 Å². The molecule has 0 saturated heterocycles. The maximum Gasteiger partial charge on any atom is 0.256 e. The van der Waals surface area contributed by atoms with Crippen molar-refractivity contribution in [3.63, 3.8) is 0 Å². The van der Waals surface area contributed by atoms with Gasteiger partial charge in [-0.15, -0.1) is 23.5 Å². The summed E-state index contributed by atoms with van der Waals surface area (Å²) in [6, 6.07) is 25.9. The van der Waals surface area contributed by atoms with E-state index in [1.165, 1.54) is 5.56 Å². The molecule has 0 spiro atoms. The first-order valence-corrected chi connectivity index (χ1v) is 10.2. The third-order valence-corrected chi connectivity index (χ3v) is 5.66. The van der Waals surface area contributed by atoms with Crippen LogP contribution in [0.25, 0.3) is 0 Å². The molecule has 1 amide bonds. The maximum absolute atomic E-state index is 12.8. The highest BCUT2D eigenvalue weighted by Gasteiger charge is 2.13. The van der Waals surface area contributed by atoms with E-state index in [-0.39, 0.29) is 5.91 Å². The zero-order valence-electron chi connectivity index (χ0n) is 13.9. The van der Waals surface area contributed by atoms with Gasteiger partial charge in [-0.2, -0.15) is 0 Å². The summed E-state index contributed by atoms with van der Waals surface area (Å²) in [5.74, 6) is 0.768. The van der Waals surface area contributed by atoms with Gasteiger partial charge in [0, 0.05) is 15.5 Å². The molecule has 0 radical (unpaired) electrons. The second-order valence-electron chi connectivity index (χ2n) is 5.42. The van der Waals surface area contributed by atoms with Crippen LogP contribution in [-0.2, 0) is 5.75 Å². The van der Waals surface area contributed by atoms with Gasteiger partial charge < -0.3 is 5.32 Å². The standard InChI is InChI=1S/C21H19NOS2/c1-24-20-14-8-6-12-18(20)22-21(23)17-11-5-7-13-19(17)25-15-16-9-3-2-4-10-16/h2-14H,15H2,1H3,(H,22,23). The molecule has 0 aliphatic heterocycles. The molecule has 2 nitrogen and oxygen atoms in total. The molecule has 1 N–H and O–H groups in total. The van der Waals surface area contributed by atoms with Crippen LogP contribution < -0.4 is 5.32 Å². The van der Waals surface area contributed by atoms with Crippen LogP contribution in [0, 0.1) is 0 Å².